The van der Waals surface area contributed by atoms with Crippen LogP contribution in [0.5, 0.6) is 0 Å². The summed E-state index contributed by atoms with van der Waals surface area (Å²) in [5.74, 6) is 0.175. The third kappa shape index (κ3) is 10.9. The van der Waals surface area contributed by atoms with E-state index in [4.69, 9.17) is 5.73 Å². The summed E-state index contributed by atoms with van der Waals surface area (Å²) in [6.07, 6.45) is 21.8. The van der Waals surface area contributed by atoms with E-state index in [2.05, 4.69) is 146 Å². The Kier molecular flexibility index (Phi) is 16.7. The van der Waals surface area contributed by atoms with Crippen molar-refractivity contribution >= 4 is 17.3 Å². The van der Waals surface area contributed by atoms with Gasteiger partial charge in [-0.15, -0.1) is 0 Å². The van der Waals surface area contributed by atoms with E-state index in [1.165, 1.54) is 53.9 Å². The number of hydrogen-bond acceptors (Lipinski definition) is 6. The minimum atomic E-state index is -0.184. The molecule has 2 heterocycles. The molecule has 0 spiro atoms. The third-order valence-corrected chi connectivity index (χ3v) is 11.8. The van der Waals surface area contributed by atoms with Gasteiger partial charge in [-0.3, -0.25) is 4.79 Å². The van der Waals surface area contributed by atoms with Crippen LogP contribution >= 0.6 is 0 Å². The quantitative estimate of drug-likeness (QED) is 0.0642. The van der Waals surface area contributed by atoms with E-state index >= 15 is 0 Å². The van der Waals surface area contributed by atoms with Crippen molar-refractivity contribution in [3.05, 3.63) is 95.7 Å². The molecule has 2 aromatic rings. The van der Waals surface area contributed by atoms with E-state index in [1.54, 1.807) is 0 Å². The van der Waals surface area contributed by atoms with Crippen molar-refractivity contribution in [2.24, 2.45) is 5.73 Å². The highest BCUT2D eigenvalue weighted by Gasteiger charge is 2.51. The van der Waals surface area contributed by atoms with E-state index < -0.39 is 0 Å². The Morgan fingerprint density at radius 3 is 2.08 bits per heavy atom. The lowest BCUT2D eigenvalue weighted by molar-refractivity contribution is -0.121. The molecule has 1 atom stereocenters. The Balaban J connectivity index is 1.26. The molecule has 1 unspecified atom stereocenters. The van der Waals surface area contributed by atoms with Crippen LogP contribution in [0.3, 0.4) is 0 Å². The highest BCUT2D eigenvalue weighted by Crippen LogP contribution is 2.52. The van der Waals surface area contributed by atoms with Gasteiger partial charge in [0, 0.05) is 54.0 Å². The molecule has 2 aliphatic rings. The van der Waals surface area contributed by atoms with Crippen molar-refractivity contribution < 1.29 is 4.79 Å². The van der Waals surface area contributed by atoms with Gasteiger partial charge in [-0.2, -0.15) is 0 Å². The molecule has 7 heteroatoms. The molecular weight excluding hydrogens is 653 g/mol. The number of nitrogens with zero attached hydrogens (tertiary/aromatic N) is 2. The minimum absolute atomic E-state index is 0.0309. The predicted octanol–water partition coefficient (Wildman–Crippen LogP) is 8.51. The molecule has 0 aromatic heterocycles. The Morgan fingerprint density at radius 1 is 0.698 bits per heavy atom. The van der Waals surface area contributed by atoms with Crippen LogP contribution in [-0.4, -0.2) is 63.8 Å². The summed E-state index contributed by atoms with van der Waals surface area (Å²) in [5.41, 5.74) is 12.1. The highest BCUT2D eigenvalue weighted by atomic mass is 16.1. The molecule has 0 radical (unpaired) electrons. The van der Waals surface area contributed by atoms with Crippen LogP contribution in [0.2, 0.25) is 0 Å². The van der Waals surface area contributed by atoms with Crippen LogP contribution in [-0.2, 0) is 15.6 Å². The SMILES string of the molecule is CCCCN1/C(=C/C=C/C=C/C2(C)N(CCCCCC(=O)NCCCNCCCCNCCCN)c3ccccc3C2(C)C)C(C)(C)c2ccccc21. The monoisotopic (exact) mass is 725 g/mol. The summed E-state index contributed by atoms with van der Waals surface area (Å²) < 4.78 is 0. The Labute approximate surface area is 322 Å². The number of rotatable bonds is 24. The van der Waals surface area contributed by atoms with Gasteiger partial charge in [0.1, 0.15) is 0 Å². The maximum atomic E-state index is 12.5. The zero-order valence-electron chi connectivity index (χ0n) is 34.1. The summed E-state index contributed by atoms with van der Waals surface area (Å²) >= 11 is 0. The van der Waals surface area contributed by atoms with Gasteiger partial charge in [-0.05, 0) is 114 Å². The van der Waals surface area contributed by atoms with Crippen LogP contribution in [0.4, 0.5) is 11.4 Å². The standard InChI is InChI=1S/C46H72N6O/c1-7-8-36-51-40-25-15-13-23-38(40)44(2,3)42(51)27-11-9-17-29-46(6)45(4,5)39-24-14-16-26-41(39)52(46)37-20-10-12-28-43(53)50-35-22-34-49-32-19-18-31-48-33-21-30-47/h9,11,13-17,23-27,29,48-49H,7-8,10,12,18-22,28,30-37,47H2,1-6H3,(H,50,53)/b11-9+,29-17+,42-27+. The molecule has 2 aliphatic heterocycles. The van der Waals surface area contributed by atoms with Gasteiger partial charge in [0.05, 0.1) is 5.54 Å². The van der Waals surface area contributed by atoms with E-state index in [1.807, 2.05) is 0 Å². The Bertz CT molecular complexity index is 1510. The fourth-order valence-corrected chi connectivity index (χ4v) is 8.14. The number of nitrogens with two attached hydrogens (primary N) is 1. The molecule has 4 rings (SSSR count). The zero-order chi connectivity index (χ0) is 38.2. The second-order valence-corrected chi connectivity index (χ2v) is 16.2. The number of carbonyl (C=O) groups excluding carboxylic acids is 1. The molecule has 0 aliphatic carbocycles. The minimum Gasteiger partial charge on any atom is -0.362 e. The number of amides is 1. The van der Waals surface area contributed by atoms with Crippen LogP contribution < -0.4 is 31.5 Å². The highest BCUT2D eigenvalue weighted by molar-refractivity contribution is 5.75. The normalized spacial score (nSPS) is 19.5. The number of allylic oxidation sites excluding steroid dienone is 5. The largest absolute Gasteiger partial charge is 0.362 e. The number of fused-ring (bicyclic) bond motifs is 2. The average molecular weight is 725 g/mol. The van der Waals surface area contributed by atoms with Gasteiger partial charge in [-0.25, -0.2) is 0 Å². The molecule has 53 heavy (non-hydrogen) atoms. The number of anilines is 2. The van der Waals surface area contributed by atoms with Crippen molar-refractivity contribution in [1.29, 1.82) is 0 Å². The molecule has 0 bridgehead atoms. The van der Waals surface area contributed by atoms with Gasteiger partial charge in [-0.1, -0.05) is 108 Å². The number of unbranched alkanes of at least 4 members (excludes halogenated alkanes) is 4. The fraction of sp³-hybridized carbons (Fsp3) is 0.587. The van der Waals surface area contributed by atoms with Gasteiger partial charge in [0.25, 0.3) is 0 Å². The molecule has 2 aromatic carbocycles. The lowest BCUT2D eigenvalue weighted by atomic mass is 9.71. The zero-order valence-corrected chi connectivity index (χ0v) is 34.1. The average Bonchev–Trinajstić information content (AvgIpc) is 3.46. The summed E-state index contributed by atoms with van der Waals surface area (Å²) in [6.45, 7) is 21.7. The first kappa shape index (κ1) is 42.4. The van der Waals surface area contributed by atoms with Crippen LogP contribution in [0.25, 0.3) is 0 Å². The van der Waals surface area contributed by atoms with Crippen LogP contribution in [0, 0.1) is 0 Å². The van der Waals surface area contributed by atoms with Gasteiger partial charge >= 0.3 is 0 Å². The lowest BCUT2D eigenvalue weighted by Crippen LogP contribution is -2.52. The van der Waals surface area contributed by atoms with E-state index in [9.17, 15) is 4.79 Å². The first-order valence-electron chi connectivity index (χ1n) is 20.8. The molecule has 292 valence electrons. The maximum Gasteiger partial charge on any atom is 0.219 e. The maximum absolute atomic E-state index is 12.5. The fourth-order valence-electron chi connectivity index (χ4n) is 8.14. The lowest BCUT2D eigenvalue weighted by Gasteiger charge is -2.43. The molecule has 0 fully saturated rings. The number of benzene rings is 2. The summed E-state index contributed by atoms with van der Waals surface area (Å²) in [5, 5.41) is 10.0. The predicted molar refractivity (Wildman–Crippen MR) is 228 cm³/mol. The van der Waals surface area contributed by atoms with Crippen LogP contribution in [0.15, 0.2) is 84.6 Å². The summed E-state index contributed by atoms with van der Waals surface area (Å²) in [6, 6.07) is 17.8. The smallest absolute Gasteiger partial charge is 0.219 e. The number of hydrogen-bond donors (Lipinski definition) is 4. The topological polar surface area (TPSA) is 85.7 Å². The van der Waals surface area contributed by atoms with E-state index in [0.29, 0.717) is 6.42 Å². The van der Waals surface area contributed by atoms with Crippen LogP contribution in [0.1, 0.15) is 117 Å². The number of carbonyl (C=O) groups is 1. The molecule has 0 saturated carbocycles. The molecule has 0 saturated heterocycles. The van der Waals surface area contributed by atoms with Gasteiger partial charge in [0.15, 0.2) is 0 Å². The number of para-hydroxylation sites is 2. The summed E-state index contributed by atoms with van der Waals surface area (Å²) in [4.78, 5) is 17.7. The van der Waals surface area contributed by atoms with Crippen molar-refractivity contribution in [3.63, 3.8) is 0 Å². The first-order valence-corrected chi connectivity index (χ1v) is 20.8. The van der Waals surface area contributed by atoms with E-state index in [-0.39, 0.29) is 22.3 Å². The Morgan fingerprint density at radius 2 is 1.36 bits per heavy atom. The second-order valence-electron chi connectivity index (χ2n) is 16.2. The molecule has 5 N–H and O–H groups in total. The van der Waals surface area contributed by atoms with Gasteiger partial charge in [0.2, 0.25) is 5.91 Å². The van der Waals surface area contributed by atoms with Crippen molar-refractivity contribution in [1.82, 2.24) is 16.0 Å². The van der Waals surface area contributed by atoms with Crippen molar-refractivity contribution in [3.8, 4) is 0 Å². The number of nitrogens with one attached hydrogen (secondary N) is 3. The Hall–Kier alpha value is -3.39. The van der Waals surface area contributed by atoms with Crippen molar-refractivity contribution in [2.75, 3.05) is 62.2 Å². The van der Waals surface area contributed by atoms with Gasteiger partial charge < -0.3 is 31.5 Å². The molecular formula is C46H72N6O. The molecule has 1 amide bonds. The van der Waals surface area contributed by atoms with Crippen molar-refractivity contribution in [2.45, 2.75) is 122 Å². The first-order chi connectivity index (χ1) is 25.6. The molecule has 7 nitrogen and oxygen atoms in total. The second kappa shape index (κ2) is 20.9. The van der Waals surface area contributed by atoms with E-state index in [0.717, 1.165) is 84.5 Å². The summed E-state index contributed by atoms with van der Waals surface area (Å²) in [7, 11) is 0. The third-order valence-electron chi connectivity index (χ3n) is 11.8.